The van der Waals surface area contributed by atoms with Crippen molar-refractivity contribution in [3.8, 4) is 0 Å². The predicted molar refractivity (Wildman–Crippen MR) is 136 cm³/mol. The minimum Gasteiger partial charge on any atom is -0.261 e. The van der Waals surface area contributed by atoms with Gasteiger partial charge in [-0.05, 0) is 63.8 Å². The van der Waals surface area contributed by atoms with E-state index in [4.69, 9.17) is 0 Å². The van der Waals surface area contributed by atoms with E-state index in [0.717, 1.165) is 18.4 Å². The Bertz CT molecular complexity index is 360. The molecule has 1 aliphatic rings. The number of hydrogen-bond donors (Lipinski definition) is 2. The zero-order chi connectivity index (χ0) is 21.5. The van der Waals surface area contributed by atoms with E-state index in [9.17, 15) is 0 Å². The molecule has 2 heteroatoms. The van der Waals surface area contributed by atoms with Gasteiger partial charge in [-0.25, -0.2) is 0 Å². The molecule has 1 aliphatic carbocycles. The van der Waals surface area contributed by atoms with Crippen molar-refractivity contribution in [3.05, 3.63) is 12.2 Å². The van der Waals surface area contributed by atoms with Crippen molar-refractivity contribution in [2.75, 3.05) is 13.6 Å². The lowest BCUT2D eigenvalue weighted by atomic mass is 9.70. The monoisotopic (exact) mass is 420 g/mol. The number of hydrogen-bond acceptors (Lipinski definition) is 2. The molecule has 0 saturated heterocycles. The molecule has 0 spiro atoms. The molecule has 2 N–H and O–H groups in total. The molecule has 0 atom stereocenters. The third-order valence-corrected chi connectivity index (χ3v) is 7.05. The standard InChI is InChI=1S/C28H56N2/c1-3-4-5-6-16-19-22-27-25-28(26-27)23-20-17-14-12-10-8-7-9-11-13-15-18-21-24-30-29-2/h7-8,27-30H,3-6,9-26H2,1-2H3/b8-7+. The topological polar surface area (TPSA) is 24.1 Å². The van der Waals surface area contributed by atoms with Crippen LogP contribution in [0.1, 0.15) is 142 Å². The average Bonchev–Trinajstić information content (AvgIpc) is 2.72. The first-order valence-corrected chi connectivity index (χ1v) is 13.9. The Labute approximate surface area is 190 Å². The van der Waals surface area contributed by atoms with Crippen LogP contribution < -0.4 is 10.9 Å². The van der Waals surface area contributed by atoms with Crippen molar-refractivity contribution < 1.29 is 0 Å². The smallest absolute Gasteiger partial charge is 0.00996 e. The van der Waals surface area contributed by atoms with Crippen LogP contribution in [0.3, 0.4) is 0 Å². The highest BCUT2D eigenvalue weighted by atomic mass is 15.3. The molecule has 0 heterocycles. The van der Waals surface area contributed by atoms with Gasteiger partial charge >= 0.3 is 0 Å². The molecule has 178 valence electrons. The van der Waals surface area contributed by atoms with Crippen molar-refractivity contribution in [2.45, 2.75) is 142 Å². The Hall–Kier alpha value is -0.340. The lowest BCUT2D eigenvalue weighted by molar-refractivity contribution is 0.163. The number of unbranched alkanes of at least 4 members (excludes halogenated alkanes) is 14. The van der Waals surface area contributed by atoms with Crippen molar-refractivity contribution in [1.29, 1.82) is 0 Å². The van der Waals surface area contributed by atoms with Crippen LogP contribution in [-0.2, 0) is 0 Å². The largest absolute Gasteiger partial charge is 0.261 e. The van der Waals surface area contributed by atoms with Gasteiger partial charge in [-0.2, -0.15) is 0 Å². The molecule has 0 bridgehead atoms. The lowest BCUT2D eigenvalue weighted by Crippen LogP contribution is -2.28. The minimum atomic E-state index is 1.09. The fourth-order valence-electron chi connectivity index (χ4n) is 4.97. The second-order valence-electron chi connectivity index (χ2n) is 9.96. The van der Waals surface area contributed by atoms with Gasteiger partial charge in [0.25, 0.3) is 0 Å². The molecule has 0 aromatic heterocycles. The number of nitrogens with one attached hydrogen (secondary N) is 2. The Morgan fingerprint density at radius 2 is 1.07 bits per heavy atom. The maximum absolute atomic E-state index is 3.16. The fourth-order valence-corrected chi connectivity index (χ4v) is 4.97. The minimum absolute atomic E-state index is 1.09. The van der Waals surface area contributed by atoms with Crippen LogP contribution in [0.4, 0.5) is 0 Å². The summed E-state index contributed by atoms with van der Waals surface area (Å²) in [6, 6.07) is 0. The third kappa shape index (κ3) is 17.4. The van der Waals surface area contributed by atoms with Gasteiger partial charge in [0, 0.05) is 6.54 Å². The molecule has 0 radical (unpaired) electrons. The SMILES string of the molecule is CCCCCCCCC1CC(CCCCCC/C=C/CCCCCCCNNC)C1. The molecule has 0 amide bonds. The fraction of sp³-hybridized carbons (Fsp3) is 0.929. The van der Waals surface area contributed by atoms with E-state index in [2.05, 4.69) is 29.9 Å². The second kappa shape index (κ2) is 21.9. The van der Waals surface area contributed by atoms with Gasteiger partial charge in [-0.3, -0.25) is 10.9 Å². The zero-order valence-corrected chi connectivity index (χ0v) is 20.9. The summed E-state index contributed by atoms with van der Waals surface area (Å²) in [5.41, 5.74) is 6.14. The van der Waals surface area contributed by atoms with E-state index in [0.29, 0.717) is 0 Å². The maximum atomic E-state index is 3.16. The van der Waals surface area contributed by atoms with Gasteiger partial charge in [0.15, 0.2) is 0 Å². The van der Waals surface area contributed by atoms with Crippen LogP contribution in [0, 0.1) is 11.8 Å². The lowest BCUT2D eigenvalue weighted by Gasteiger charge is -2.35. The summed E-state index contributed by atoms with van der Waals surface area (Å²) in [6.07, 6.45) is 35.0. The van der Waals surface area contributed by atoms with Crippen LogP contribution in [-0.4, -0.2) is 13.6 Å². The van der Waals surface area contributed by atoms with Crippen LogP contribution in [0.5, 0.6) is 0 Å². The van der Waals surface area contributed by atoms with E-state index >= 15 is 0 Å². The molecule has 0 aromatic carbocycles. The van der Waals surface area contributed by atoms with Gasteiger partial charge in [0.05, 0.1) is 0 Å². The summed E-state index contributed by atoms with van der Waals surface area (Å²) in [6.45, 7) is 3.40. The van der Waals surface area contributed by atoms with E-state index in [1.165, 1.54) is 122 Å². The summed E-state index contributed by atoms with van der Waals surface area (Å²) in [4.78, 5) is 0. The summed E-state index contributed by atoms with van der Waals surface area (Å²) in [5, 5.41) is 0. The van der Waals surface area contributed by atoms with E-state index in [-0.39, 0.29) is 0 Å². The molecule has 0 aromatic rings. The predicted octanol–water partition coefficient (Wildman–Crippen LogP) is 8.72. The van der Waals surface area contributed by atoms with Crippen molar-refractivity contribution in [1.82, 2.24) is 10.9 Å². The molecule has 0 aliphatic heterocycles. The Morgan fingerprint density at radius 1 is 0.600 bits per heavy atom. The van der Waals surface area contributed by atoms with Gasteiger partial charge < -0.3 is 0 Å². The Morgan fingerprint density at radius 3 is 1.60 bits per heavy atom. The summed E-state index contributed by atoms with van der Waals surface area (Å²) in [7, 11) is 1.94. The van der Waals surface area contributed by atoms with E-state index in [1.807, 2.05) is 7.05 Å². The summed E-state index contributed by atoms with van der Waals surface area (Å²) < 4.78 is 0. The first-order valence-electron chi connectivity index (χ1n) is 13.9. The van der Waals surface area contributed by atoms with Crippen LogP contribution >= 0.6 is 0 Å². The second-order valence-corrected chi connectivity index (χ2v) is 9.96. The highest BCUT2D eigenvalue weighted by Gasteiger charge is 2.27. The molecule has 1 rings (SSSR count). The Balaban J connectivity index is 1.72. The van der Waals surface area contributed by atoms with Gasteiger partial charge in [-0.15, -0.1) is 0 Å². The van der Waals surface area contributed by atoms with Crippen molar-refractivity contribution >= 4 is 0 Å². The van der Waals surface area contributed by atoms with Crippen LogP contribution in [0.25, 0.3) is 0 Å². The molecule has 1 saturated carbocycles. The third-order valence-electron chi connectivity index (χ3n) is 7.05. The average molecular weight is 421 g/mol. The molecule has 2 nitrogen and oxygen atoms in total. The number of hydrazine groups is 1. The molecular formula is C28H56N2. The van der Waals surface area contributed by atoms with Gasteiger partial charge in [-0.1, -0.05) is 109 Å². The van der Waals surface area contributed by atoms with E-state index in [1.54, 1.807) is 12.8 Å². The molecule has 0 unspecified atom stereocenters. The highest BCUT2D eigenvalue weighted by molar-refractivity contribution is 4.82. The van der Waals surface area contributed by atoms with Gasteiger partial charge in [0.2, 0.25) is 0 Å². The molecule has 1 fully saturated rings. The first-order chi connectivity index (χ1) is 14.9. The number of rotatable bonds is 23. The van der Waals surface area contributed by atoms with Crippen LogP contribution in [0.2, 0.25) is 0 Å². The first kappa shape index (κ1) is 27.7. The summed E-state index contributed by atoms with van der Waals surface area (Å²) >= 11 is 0. The van der Waals surface area contributed by atoms with Crippen molar-refractivity contribution in [2.24, 2.45) is 11.8 Å². The summed E-state index contributed by atoms with van der Waals surface area (Å²) in [5.74, 6) is 2.19. The molecular weight excluding hydrogens is 364 g/mol. The quantitative estimate of drug-likeness (QED) is 0.0980. The Kier molecular flexibility index (Phi) is 20.2. The highest BCUT2D eigenvalue weighted by Crippen LogP contribution is 2.40. The van der Waals surface area contributed by atoms with Crippen molar-refractivity contribution in [3.63, 3.8) is 0 Å². The normalized spacial score (nSPS) is 18.9. The van der Waals surface area contributed by atoms with Gasteiger partial charge in [0.1, 0.15) is 0 Å². The zero-order valence-electron chi connectivity index (χ0n) is 20.9. The van der Waals surface area contributed by atoms with Crippen LogP contribution in [0.15, 0.2) is 12.2 Å². The number of allylic oxidation sites excluding steroid dienone is 2. The van der Waals surface area contributed by atoms with E-state index < -0.39 is 0 Å². The molecule has 30 heavy (non-hydrogen) atoms. The maximum Gasteiger partial charge on any atom is 0.00996 e.